The number of hydrogen-bond acceptors (Lipinski definition) is 2. The second-order valence-electron chi connectivity index (χ2n) is 3.26. The Morgan fingerprint density at radius 2 is 2.13 bits per heavy atom. The number of halogens is 1. The molecule has 3 heterocycles. The Bertz CT molecular complexity index is 597. The van der Waals surface area contributed by atoms with E-state index in [0.29, 0.717) is 0 Å². The largest absolute Gasteiger partial charge is 0.354 e. The molecule has 5 heteroatoms. The fourth-order valence-corrected chi connectivity index (χ4v) is 1.89. The van der Waals surface area contributed by atoms with Crippen LogP contribution in [0, 0.1) is 0 Å². The molecule has 4 nitrogen and oxygen atoms in total. The van der Waals surface area contributed by atoms with Gasteiger partial charge in [0, 0.05) is 29.0 Å². The van der Waals surface area contributed by atoms with Gasteiger partial charge in [-0.25, -0.2) is 4.98 Å². The number of H-pyrrole nitrogens is 2. The van der Waals surface area contributed by atoms with Crippen molar-refractivity contribution in [2.24, 2.45) is 0 Å². The SMILES string of the molecule is Brc1cc2[nH]c(-c3cn[nH]c3)cc2cn1. The van der Waals surface area contributed by atoms with Crippen molar-refractivity contribution in [3.05, 3.63) is 35.3 Å². The number of hydrogen-bond donors (Lipinski definition) is 2. The topological polar surface area (TPSA) is 57.4 Å². The number of pyridine rings is 1. The number of fused-ring (bicyclic) bond motifs is 1. The number of aromatic amines is 2. The van der Waals surface area contributed by atoms with Crippen LogP contribution in [0.25, 0.3) is 22.2 Å². The third-order valence-corrected chi connectivity index (χ3v) is 2.71. The lowest BCUT2D eigenvalue weighted by molar-refractivity contribution is 1.09. The first-order valence-electron chi connectivity index (χ1n) is 4.46. The highest BCUT2D eigenvalue weighted by molar-refractivity contribution is 9.10. The zero-order valence-electron chi connectivity index (χ0n) is 7.66. The second kappa shape index (κ2) is 3.20. The van der Waals surface area contributed by atoms with Crippen molar-refractivity contribution >= 4 is 26.8 Å². The van der Waals surface area contributed by atoms with E-state index in [-0.39, 0.29) is 0 Å². The molecule has 0 saturated carbocycles. The minimum atomic E-state index is 0.829. The molecule has 3 aromatic heterocycles. The van der Waals surface area contributed by atoms with Crippen LogP contribution in [0.1, 0.15) is 0 Å². The van der Waals surface area contributed by atoms with Crippen LogP contribution in [0.4, 0.5) is 0 Å². The van der Waals surface area contributed by atoms with Gasteiger partial charge in [0.15, 0.2) is 0 Å². The summed E-state index contributed by atoms with van der Waals surface area (Å²) in [7, 11) is 0. The Kier molecular flexibility index (Phi) is 1.85. The first kappa shape index (κ1) is 8.67. The van der Waals surface area contributed by atoms with Crippen molar-refractivity contribution in [3.8, 4) is 11.3 Å². The molecule has 0 spiro atoms. The second-order valence-corrected chi connectivity index (χ2v) is 4.08. The fraction of sp³-hybridized carbons (Fsp3) is 0. The van der Waals surface area contributed by atoms with Crippen LogP contribution in [-0.4, -0.2) is 20.2 Å². The Labute approximate surface area is 93.9 Å². The lowest BCUT2D eigenvalue weighted by atomic mass is 10.2. The average molecular weight is 263 g/mol. The van der Waals surface area contributed by atoms with Crippen LogP contribution in [0.3, 0.4) is 0 Å². The van der Waals surface area contributed by atoms with Crippen molar-refractivity contribution in [1.29, 1.82) is 0 Å². The van der Waals surface area contributed by atoms with Crippen molar-refractivity contribution in [2.75, 3.05) is 0 Å². The summed E-state index contributed by atoms with van der Waals surface area (Å²) in [5, 5.41) is 7.80. The Morgan fingerprint density at radius 3 is 2.93 bits per heavy atom. The Hall–Kier alpha value is -1.62. The van der Waals surface area contributed by atoms with Crippen molar-refractivity contribution in [2.45, 2.75) is 0 Å². The third-order valence-electron chi connectivity index (χ3n) is 2.28. The maximum absolute atomic E-state index is 4.18. The minimum absolute atomic E-state index is 0.829. The quantitative estimate of drug-likeness (QED) is 0.663. The molecule has 0 aliphatic heterocycles. The molecule has 0 atom stereocenters. The van der Waals surface area contributed by atoms with Crippen LogP contribution >= 0.6 is 15.9 Å². The summed E-state index contributed by atoms with van der Waals surface area (Å²) >= 11 is 3.34. The van der Waals surface area contributed by atoms with Gasteiger partial charge in [-0.1, -0.05) is 0 Å². The van der Waals surface area contributed by atoms with E-state index < -0.39 is 0 Å². The van der Waals surface area contributed by atoms with Gasteiger partial charge in [-0.15, -0.1) is 0 Å². The molecular weight excluding hydrogens is 256 g/mol. The zero-order valence-corrected chi connectivity index (χ0v) is 9.25. The zero-order chi connectivity index (χ0) is 10.3. The van der Waals surface area contributed by atoms with Crippen molar-refractivity contribution < 1.29 is 0 Å². The Morgan fingerprint density at radius 1 is 1.20 bits per heavy atom. The molecule has 0 bridgehead atoms. The number of nitrogens with zero attached hydrogens (tertiary/aromatic N) is 2. The third kappa shape index (κ3) is 1.45. The van der Waals surface area contributed by atoms with Gasteiger partial charge in [0.1, 0.15) is 4.60 Å². The Balaban J connectivity index is 2.22. The lowest BCUT2D eigenvalue weighted by Crippen LogP contribution is -1.74. The van der Waals surface area contributed by atoms with Gasteiger partial charge < -0.3 is 4.98 Å². The van der Waals surface area contributed by atoms with Crippen LogP contribution in [0.5, 0.6) is 0 Å². The van der Waals surface area contributed by atoms with Gasteiger partial charge in [0.25, 0.3) is 0 Å². The maximum atomic E-state index is 4.18. The van der Waals surface area contributed by atoms with Gasteiger partial charge >= 0.3 is 0 Å². The van der Waals surface area contributed by atoms with Crippen LogP contribution in [0.15, 0.2) is 35.3 Å². The molecule has 0 amide bonds. The predicted molar refractivity (Wildman–Crippen MR) is 61.4 cm³/mol. The summed E-state index contributed by atoms with van der Waals surface area (Å²) in [5.74, 6) is 0. The molecular formula is C10H7BrN4. The maximum Gasteiger partial charge on any atom is 0.108 e. The number of nitrogens with one attached hydrogen (secondary N) is 2. The standard InChI is InChI=1S/C10H7BrN4/c11-10-2-9-6(3-12-10)1-8(15-9)7-4-13-14-5-7/h1-5,15H,(H,13,14). The van der Waals surface area contributed by atoms with E-state index in [2.05, 4.69) is 42.2 Å². The van der Waals surface area contributed by atoms with Crippen LogP contribution in [-0.2, 0) is 0 Å². The molecule has 0 aliphatic rings. The summed E-state index contributed by atoms with van der Waals surface area (Å²) in [6.45, 7) is 0. The molecule has 0 unspecified atom stereocenters. The van der Waals surface area contributed by atoms with E-state index in [1.54, 1.807) is 6.20 Å². The summed E-state index contributed by atoms with van der Waals surface area (Å²) in [5.41, 5.74) is 3.15. The van der Waals surface area contributed by atoms with Gasteiger partial charge in [0.05, 0.1) is 11.7 Å². The molecule has 0 aromatic carbocycles. The van der Waals surface area contributed by atoms with Gasteiger partial charge in [-0.05, 0) is 28.1 Å². The summed E-state index contributed by atoms with van der Waals surface area (Å²) < 4.78 is 0.829. The molecule has 0 saturated heterocycles. The molecule has 0 fully saturated rings. The van der Waals surface area contributed by atoms with E-state index in [1.807, 2.05) is 18.5 Å². The molecule has 0 radical (unpaired) electrons. The van der Waals surface area contributed by atoms with E-state index in [1.165, 1.54) is 0 Å². The van der Waals surface area contributed by atoms with Crippen LogP contribution < -0.4 is 0 Å². The van der Waals surface area contributed by atoms with Crippen LogP contribution in [0.2, 0.25) is 0 Å². The van der Waals surface area contributed by atoms with E-state index >= 15 is 0 Å². The first-order valence-corrected chi connectivity index (χ1v) is 5.25. The fourth-order valence-electron chi connectivity index (χ4n) is 1.55. The highest BCUT2D eigenvalue weighted by Gasteiger charge is 2.04. The number of rotatable bonds is 1. The van der Waals surface area contributed by atoms with E-state index in [0.717, 1.165) is 26.8 Å². The van der Waals surface area contributed by atoms with Gasteiger partial charge in [-0.2, -0.15) is 5.10 Å². The van der Waals surface area contributed by atoms with Crippen molar-refractivity contribution in [3.63, 3.8) is 0 Å². The summed E-state index contributed by atoms with van der Waals surface area (Å²) in [6.07, 6.45) is 5.47. The highest BCUT2D eigenvalue weighted by atomic mass is 79.9. The summed E-state index contributed by atoms with van der Waals surface area (Å²) in [4.78, 5) is 7.48. The lowest BCUT2D eigenvalue weighted by Gasteiger charge is -1.89. The minimum Gasteiger partial charge on any atom is -0.354 e. The number of aromatic nitrogens is 4. The van der Waals surface area contributed by atoms with Gasteiger partial charge in [0.2, 0.25) is 0 Å². The molecule has 3 aromatic rings. The first-order chi connectivity index (χ1) is 7.33. The molecule has 15 heavy (non-hydrogen) atoms. The molecule has 2 N–H and O–H groups in total. The highest BCUT2D eigenvalue weighted by Crippen LogP contribution is 2.24. The van der Waals surface area contributed by atoms with E-state index in [4.69, 9.17) is 0 Å². The van der Waals surface area contributed by atoms with Crippen molar-refractivity contribution in [1.82, 2.24) is 20.2 Å². The predicted octanol–water partition coefficient (Wildman–Crippen LogP) is 2.72. The smallest absolute Gasteiger partial charge is 0.108 e. The average Bonchev–Trinajstić information content (AvgIpc) is 2.84. The molecule has 74 valence electrons. The summed E-state index contributed by atoms with van der Waals surface area (Å²) in [6, 6.07) is 4.01. The van der Waals surface area contributed by atoms with E-state index in [9.17, 15) is 0 Å². The monoisotopic (exact) mass is 262 g/mol. The molecule has 0 aliphatic carbocycles. The molecule has 3 rings (SSSR count). The normalized spacial score (nSPS) is 11.0. The van der Waals surface area contributed by atoms with Gasteiger partial charge in [-0.3, -0.25) is 5.10 Å².